The van der Waals surface area contributed by atoms with Gasteiger partial charge in [0.1, 0.15) is 0 Å². The van der Waals surface area contributed by atoms with E-state index in [2.05, 4.69) is 90.0 Å². The Morgan fingerprint density at radius 1 is 0.310 bits per heavy atom. The molecule has 13 heteroatoms. The molecular weight excluding hydrogens is 1100 g/mol. The molecule has 0 aromatic rings. The number of thioether (sulfide) groups is 6. The van der Waals surface area contributed by atoms with Crippen LogP contribution < -0.4 is 0 Å². The SMILES string of the molecule is CCC[CH2][Sn]([O]C(=O)C(SCCCCCC(C)C)SCCCCCC(C)C)([O]C(=O)C(SCCCCCC(C)C)SCCCCCC(C)C)[O]C(=O)C(SCCCCCC(C)C)SCCCCCC(C)C. The molecule has 0 bridgehead atoms. The fourth-order valence-corrected chi connectivity index (χ4v) is 24.0. The van der Waals surface area contributed by atoms with E-state index in [-0.39, 0.29) is 17.9 Å². The molecule has 0 heterocycles. The van der Waals surface area contributed by atoms with Gasteiger partial charge in [0.15, 0.2) is 0 Å². The van der Waals surface area contributed by atoms with Crippen LogP contribution in [0, 0.1) is 35.5 Å². The number of hydrogen-bond donors (Lipinski definition) is 0. The molecule has 0 spiro atoms. The van der Waals surface area contributed by atoms with Gasteiger partial charge < -0.3 is 0 Å². The van der Waals surface area contributed by atoms with Crippen LogP contribution in [-0.2, 0) is 23.6 Å². The third kappa shape index (κ3) is 44.9. The van der Waals surface area contributed by atoms with Gasteiger partial charge in [0.25, 0.3) is 0 Å². The van der Waals surface area contributed by atoms with Crippen molar-refractivity contribution in [3.8, 4) is 0 Å². The Hall–Kier alpha value is 1.31. The Balaban J connectivity index is 7.00. The summed E-state index contributed by atoms with van der Waals surface area (Å²) in [6.45, 7) is 29.5. The summed E-state index contributed by atoms with van der Waals surface area (Å²) < 4.78 is 19.3. The second-order valence-electron chi connectivity index (χ2n) is 22.7. The second-order valence-corrected chi connectivity index (χ2v) is 38.0. The predicted molar refractivity (Wildman–Crippen MR) is 330 cm³/mol. The van der Waals surface area contributed by atoms with Crippen molar-refractivity contribution >= 4 is 108 Å². The maximum absolute atomic E-state index is 14.9. The van der Waals surface area contributed by atoms with Gasteiger partial charge in [0.05, 0.1) is 0 Å². The van der Waals surface area contributed by atoms with Gasteiger partial charge in [-0.05, 0) is 0 Å². The van der Waals surface area contributed by atoms with Crippen LogP contribution >= 0.6 is 70.6 Å². The monoisotopic (exact) mass is 1220 g/mol. The van der Waals surface area contributed by atoms with Crippen LogP contribution in [0.25, 0.3) is 0 Å². The van der Waals surface area contributed by atoms with Crippen molar-refractivity contribution in [1.82, 2.24) is 0 Å². The summed E-state index contributed by atoms with van der Waals surface area (Å²) in [5.74, 6) is 8.21. The van der Waals surface area contributed by atoms with E-state index in [0.717, 1.165) is 118 Å². The van der Waals surface area contributed by atoms with Crippen LogP contribution in [0.15, 0.2) is 0 Å². The first-order valence-electron chi connectivity index (χ1n) is 29.3. The molecule has 0 N–H and O–H groups in total. The van der Waals surface area contributed by atoms with Crippen molar-refractivity contribution in [2.45, 2.75) is 275 Å². The molecule has 6 nitrogen and oxygen atoms in total. The van der Waals surface area contributed by atoms with Crippen molar-refractivity contribution in [2.24, 2.45) is 35.5 Å². The third-order valence-corrected chi connectivity index (χ3v) is 28.1. The molecule has 0 amide bonds. The van der Waals surface area contributed by atoms with E-state index in [4.69, 9.17) is 9.22 Å². The summed E-state index contributed by atoms with van der Waals surface area (Å²) in [6.07, 6.45) is 29.0. The van der Waals surface area contributed by atoms with E-state index in [1.54, 1.807) is 70.6 Å². The predicted octanol–water partition coefficient (Wildman–Crippen LogP) is 20.0. The topological polar surface area (TPSA) is 78.9 Å². The van der Waals surface area contributed by atoms with Crippen molar-refractivity contribution < 1.29 is 23.6 Å². The summed E-state index contributed by atoms with van der Waals surface area (Å²) in [6, 6.07) is 0. The zero-order valence-corrected chi connectivity index (χ0v) is 56.2. The van der Waals surface area contributed by atoms with Crippen LogP contribution in [0.1, 0.15) is 257 Å². The molecule has 0 unspecified atom stereocenters. The van der Waals surface area contributed by atoms with Gasteiger partial charge in [-0.25, -0.2) is 0 Å². The van der Waals surface area contributed by atoms with Crippen molar-refractivity contribution in [2.75, 3.05) is 34.5 Å². The fourth-order valence-electron chi connectivity index (χ4n) is 7.90. The van der Waals surface area contributed by atoms with Gasteiger partial charge in [0.2, 0.25) is 0 Å². The Labute approximate surface area is 472 Å². The number of carbonyl (C=O) groups is 3. The quantitative estimate of drug-likeness (QED) is 0.0331. The van der Waals surface area contributed by atoms with Gasteiger partial charge in [-0.1, -0.05) is 0 Å². The van der Waals surface area contributed by atoms with Crippen LogP contribution in [-0.4, -0.2) is 85.8 Å². The molecule has 0 aliphatic heterocycles. The first-order valence-corrected chi connectivity index (χ1v) is 41.1. The number of rotatable bonds is 51. The standard InChI is InChI=1S/3C18H36O2S2.C4H9.Sn/c3*1-15(2)11-7-5-9-13-21-18(17(19)20)22-14-10-6-8-12-16(3)4;1-3-4-2;/h3*15-16,18H,5-14H2,1-4H3,(H,19,20);1,3-4H2,2H3;/q;;;;+3/p-3. The third-order valence-electron chi connectivity index (χ3n) is 12.4. The Kier molecular flexibility index (Phi) is 49.3. The summed E-state index contributed by atoms with van der Waals surface area (Å²) in [7, 11) is 0. The zero-order chi connectivity index (χ0) is 53.1. The summed E-state index contributed by atoms with van der Waals surface area (Å²) in [4.78, 5) is 44.7. The van der Waals surface area contributed by atoms with E-state index in [9.17, 15) is 14.4 Å². The molecule has 0 radical (unpaired) electrons. The molecule has 0 rings (SSSR count). The van der Waals surface area contributed by atoms with Gasteiger partial charge in [-0.3, -0.25) is 0 Å². The molecule has 0 aromatic carbocycles. The van der Waals surface area contributed by atoms with Crippen molar-refractivity contribution in [1.29, 1.82) is 0 Å². The average molecular weight is 1220 g/mol. The molecule has 422 valence electrons. The van der Waals surface area contributed by atoms with E-state index < -0.39 is 33.4 Å². The minimum atomic E-state index is -5.34. The Morgan fingerprint density at radius 3 is 0.676 bits per heavy atom. The van der Waals surface area contributed by atoms with E-state index in [1.165, 1.54) is 77.0 Å². The van der Waals surface area contributed by atoms with Crippen LogP contribution in [0.2, 0.25) is 4.44 Å². The Bertz CT molecular complexity index is 1060. The normalized spacial score (nSPS) is 12.4. The molecule has 0 aliphatic rings. The first-order chi connectivity index (χ1) is 33.9. The number of unbranched alkanes of at least 4 members (excludes halogenated alkanes) is 13. The fraction of sp³-hybridized carbons (Fsp3) is 0.948. The molecule has 0 saturated carbocycles. The Morgan fingerprint density at radius 2 is 0.507 bits per heavy atom. The summed E-state index contributed by atoms with van der Waals surface area (Å²) >= 11 is 4.70. The van der Waals surface area contributed by atoms with Crippen LogP contribution in [0.5, 0.6) is 0 Å². The summed E-state index contributed by atoms with van der Waals surface area (Å²) in [5, 5.41) is 0. The molecule has 0 aromatic heterocycles. The minimum absolute atomic E-state index is 0.319. The van der Waals surface area contributed by atoms with E-state index >= 15 is 0 Å². The second kappa shape index (κ2) is 48.4. The molecule has 71 heavy (non-hydrogen) atoms. The molecule has 0 fully saturated rings. The van der Waals surface area contributed by atoms with Gasteiger partial charge in [-0.15, -0.1) is 0 Å². The van der Waals surface area contributed by atoms with Crippen LogP contribution in [0.4, 0.5) is 0 Å². The van der Waals surface area contributed by atoms with E-state index in [1.807, 2.05) is 0 Å². The van der Waals surface area contributed by atoms with E-state index in [0.29, 0.717) is 46.4 Å². The number of hydrogen-bond acceptors (Lipinski definition) is 12. The van der Waals surface area contributed by atoms with Gasteiger partial charge in [-0.2, -0.15) is 0 Å². The average Bonchev–Trinajstić information content (AvgIpc) is 3.29. The first kappa shape index (κ1) is 72.3. The molecular formula is C58H114O6S6Sn. The maximum atomic E-state index is 14.9. The van der Waals surface area contributed by atoms with Gasteiger partial charge >= 0.3 is 477 Å². The van der Waals surface area contributed by atoms with Gasteiger partial charge in [0, 0.05) is 0 Å². The van der Waals surface area contributed by atoms with Crippen molar-refractivity contribution in [3.05, 3.63) is 0 Å². The summed E-state index contributed by atoms with van der Waals surface area (Å²) in [5.41, 5.74) is 0. The van der Waals surface area contributed by atoms with Crippen LogP contribution in [0.3, 0.4) is 0 Å². The zero-order valence-electron chi connectivity index (χ0n) is 48.4. The molecule has 0 aliphatic carbocycles. The van der Waals surface area contributed by atoms with Crippen molar-refractivity contribution in [3.63, 3.8) is 0 Å². The molecule has 0 atom stereocenters. The molecule has 0 saturated heterocycles. The number of carbonyl (C=O) groups excluding carboxylic acids is 3.